The van der Waals surface area contributed by atoms with Crippen molar-refractivity contribution in [3.63, 3.8) is 0 Å². The number of halogens is 1. The van der Waals surface area contributed by atoms with Crippen molar-refractivity contribution >= 4 is 35.8 Å². The van der Waals surface area contributed by atoms with Crippen LogP contribution in [0.2, 0.25) is 0 Å². The Morgan fingerprint density at radius 2 is 1.94 bits per heavy atom. The summed E-state index contributed by atoms with van der Waals surface area (Å²) in [6.07, 6.45) is 3.89. The first-order valence-corrected chi connectivity index (χ1v) is 11.2. The van der Waals surface area contributed by atoms with Gasteiger partial charge in [0, 0.05) is 50.3 Å². The van der Waals surface area contributed by atoms with Gasteiger partial charge >= 0.3 is 0 Å². The maximum absolute atomic E-state index is 12.6. The number of benzene rings is 1. The lowest BCUT2D eigenvalue weighted by Crippen LogP contribution is -2.55. The number of nitrogens with zero attached hydrogens (tertiary/aromatic N) is 3. The Morgan fingerprint density at radius 3 is 2.55 bits per heavy atom. The average Bonchev–Trinajstić information content (AvgIpc) is 3.38. The van der Waals surface area contributed by atoms with Crippen LogP contribution in [0.1, 0.15) is 38.2 Å². The molecular weight excluding hydrogens is 507 g/mol. The van der Waals surface area contributed by atoms with Crippen LogP contribution in [-0.2, 0) is 14.9 Å². The largest absolute Gasteiger partial charge is 0.496 e. The Kier molecular flexibility index (Phi) is 8.43. The van der Waals surface area contributed by atoms with Crippen molar-refractivity contribution < 1.29 is 14.3 Å². The standard InChI is InChI=1S/C23H34N4O3.HI/c1-3-24-22(25-17-23(10-11-23)18-7-4-5-8-19(18)29-2)27-14-12-26(13-15-27)21(28)20-9-6-16-30-20;/h4-5,7-8,20H,3,6,9-17H2,1-2H3,(H,24,25);1H. The molecule has 0 spiro atoms. The lowest BCUT2D eigenvalue weighted by molar-refractivity contribution is -0.142. The van der Waals surface area contributed by atoms with Crippen molar-refractivity contribution in [2.45, 2.75) is 44.1 Å². The van der Waals surface area contributed by atoms with Gasteiger partial charge in [0.2, 0.25) is 0 Å². The van der Waals surface area contributed by atoms with E-state index in [2.05, 4.69) is 29.3 Å². The molecule has 1 aromatic rings. The lowest BCUT2D eigenvalue weighted by atomic mass is 9.95. The van der Waals surface area contributed by atoms with E-state index in [0.717, 1.165) is 76.7 Å². The molecule has 3 aliphatic rings. The highest BCUT2D eigenvalue weighted by atomic mass is 127. The number of aliphatic imine (C=N–C) groups is 1. The molecule has 1 saturated carbocycles. The van der Waals surface area contributed by atoms with Crippen LogP contribution < -0.4 is 10.1 Å². The Morgan fingerprint density at radius 1 is 1.23 bits per heavy atom. The predicted octanol–water partition coefficient (Wildman–Crippen LogP) is 2.63. The molecule has 8 heteroatoms. The summed E-state index contributed by atoms with van der Waals surface area (Å²) >= 11 is 0. The highest BCUT2D eigenvalue weighted by molar-refractivity contribution is 14.0. The maximum Gasteiger partial charge on any atom is 0.251 e. The smallest absolute Gasteiger partial charge is 0.251 e. The Hall–Kier alpha value is -1.55. The van der Waals surface area contributed by atoms with E-state index in [1.54, 1.807) is 7.11 Å². The second-order valence-electron chi connectivity index (χ2n) is 8.46. The minimum absolute atomic E-state index is 0. The summed E-state index contributed by atoms with van der Waals surface area (Å²) in [6.45, 7) is 7.43. The van der Waals surface area contributed by atoms with Crippen molar-refractivity contribution in [1.82, 2.24) is 15.1 Å². The van der Waals surface area contributed by atoms with Gasteiger partial charge < -0.3 is 24.6 Å². The third-order valence-electron chi connectivity index (χ3n) is 6.49. The summed E-state index contributed by atoms with van der Waals surface area (Å²) in [5, 5.41) is 3.45. The van der Waals surface area contributed by atoms with Gasteiger partial charge in [-0.05, 0) is 38.7 Å². The molecular formula is C23H35IN4O3. The molecule has 31 heavy (non-hydrogen) atoms. The fourth-order valence-corrected chi connectivity index (χ4v) is 4.51. The summed E-state index contributed by atoms with van der Waals surface area (Å²) in [6, 6.07) is 8.30. The number of piperazine rings is 1. The Balaban J connectivity index is 0.00000272. The molecule has 2 saturated heterocycles. The highest BCUT2D eigenvalue weighted by Gasteiger charge is 2.46. The van der Waals surface area contributed by atoms with Gasteiger partial charge in [0.05, 0.1) is 13.7 Å². The van der Waals surface area contributed by atoms with Crippen molar-refractivity contribution in [2.75, 3.05) is 53.0 Å². The molecule has 1 amide bonds. The van der Waals surface area contributed by atoms with Crippen LogP contribution in [0.3, 0.4) is 0 Å². The summed E-state index contributed by atoms with van der Waals surface area (Å²) in [5.41, 5.74) is 1.35. The molecule has 1 atom stereocenters. The predicted molar refractivity (Wildman–Crippen MR) is 132 cm³/mol. The molecule has 0 radical (unpaired) electrons. The second-order valence-corrected chi connectivity index (χ2v) is 8.46. The Labute approximate surface area is 202 Å². The molecule has 7 nitrogen and oxygen atoms in total. The van der Waals surface area contributed by atoms with E-state index in [1.807, 2.05) is 17.0 Å². The van der Waals surface area contributed by atoms with Gasteiger partial charge in [-0.2, -0.15) is 0 Å². The number of carbonyl (C=O) groups excluding carboxylic acids is 1. The van der Waals surface area contributed by atoms with E-state index in [0.29, 0.717) is 6.61 Å². The molecule has 1 aromatic carbocycles. The topological polar surface area (TPSA) is 66.4 Å². The first kappa shape index (κ1) is 24.1. The average molecular weight is 542 g/mol. The number of hydrogen-bond donors (Lipinski definition) is 1. The van der Waals surface area contributed by atoms with Gasteiger partial charge in [0.1, 0.15) is 11.9 Å². The quantitative estimate of drug-likeness (QED) is 0.340. The number of ether oxygens (including phenoxy) is 2. The highest BCUT2D eigenvalue weighted by Crippen LogP contribution is 2.51. The van der Waals surface area contributed by atoms with Crippen LogP contribution in [0.15, 0.2) is 29.3 Å². The third kappa shape index (κ3) is 5.45. The molecule has 1 aliphatic carbocycles. The zero-order valence-corrected chi connectivity index (χ0v) is 21.0. The van der Waals surface area contributed by atoms with Crippen LogP contribution in [0.4, 0.5) is 0 Å². The van der Waals surface area contributed by atoms with Crippen LogP contribution in [0.25, 0.3) is 0 Å². The van der Waals surface area contributed by atoms with Crippen LogP contribution in [0, 0.1) is 0 Å². The number of amides is 1. The zero-order valence-electron chi connectivity index (χ0n) is 18.6. The van der Waals surface area contributed by atoms with E-state index >= 15 is 0 Å². The van der Waals surface area contributed by atoms with Crippen LogP contribution in [0.5, 0.6) is 5.75 Å². The van der Waals surface area contributed by atoms with Gasteiger partial charge in [0.15, 0.2) is 5.96 Å². The number of para-hydroxylation sites is 1. The number of nitrogens with one attached hydrogen (secondary N) is 1. The minimum Gasteiger partial charge on any atom is -0.496 e. The van der Waals surface area contributed by atoms with E-state index in [9.17, 15) is 4.79 Å². The second kappa shape index (κ2) is 10.8. The lowest BCUT2D eigenvalue weighted by Gasteiger charge is -2.37. The molecule has 1 unspecified atom stereocenters. The van der Waals surface area contributed by atoms with Crippen LogP contribution in [-0.4, -0.2) is 80.8 Å². The normalized spacial score (nSPS) is 22.6. The van der Waals surface area contributed by atoms with Crippen molar-refractivity contribution in [1.29, 1.82) is 0 Å². The van der Waals surface area contributed by atoms with E-state index in [4.69, 9.17) is 14.5 Å². The molecule has 4 rings (SSSR count). The van der Waals surface area contributed by atoms with Crippen molar-refractivity contribution in [2.24, 2.45) is 4.99 Å². The number of methoxy groups -OCH3 is 1. The van der Waals surface area contributed by atoms with Gasteiger partial charge in [-0.1, -0.05) is 18.2 Å². The van der Waals surface area contributed by atoms with Gasteiger partial charge in [-0.3, -0.25) is 9.79 Å². The monoisotopic (exact) mass is 542 g/mol. The maximum atomic E-state index is 12.6. The molecule has 2 heterocycles. The SMILES string of the molecule is CCNC(=NCC1(c2ccccc2OC)CC1)N1CCN(C(=O)C2CCCO2)CC1.I. The zero-order chi connectivity index (χ0) is 21.0. The van der Waals surface area contributed by atoms with Crippen molar-refractivity contribution in [3.05, 3.63) is 29.8 Å². The number of guanidine groups is 1. The first-order valence-electron chi connectivity index (χ1n) is 11.2. The van der Waals surface area contributed by atoms with E-state index in [1.165, 1.54) is 5.56 Å². The molecule has 2 aliphatic heterocycles. The first-order chi connectivity index (χ1) is 14.7. The third-order valence-corrected chi connectivity index (χ3v) is 6.49. The fraction of sp³-hybridized carbons (Fsp3) is 0.652. The number of hydrogen-bond acceptors (Lipinski definition) is 4. The van der Waals surface area contributed by atoms with E-state index < -0.39 is 0 Å². The minimum atomic E-state index is -0.228. The summed E-state index contributed by atoms with van der Waals surface area (Å²) in [5.74, 6) is 2.06. The fourth-order valence-electron chi connectivity index (χ4n) is 4.51. The van der Waals surface area contributed by atoms with E-state index in [-0.39, 0.29) is 41.4 Å². The summed E-state index contributed by atoms with van der Waals surface area (Å²) in [7, 11) is 1.74. The Bertz CT molecular complexity index is 770. The number of carbonyl (C=O) groups is 1. The van der Waals surface area contributed by atoms with Gasteiger partial charge in [0.25, 0.3) is 5.91 Å². The molecule has 172 valence electrons. The molecule has 1 N–H and O–H groups in total. The van der Waals surface area contributed by atoms with Crippen LogP contribution >= 0.6 is 24.0 Å². The molecule has 0 bridgehead atoms. The van der Waals surface area contributed by atoms with Gasteiger partial charge in [-0.15, -0.1) is 24.0 Å². The number of rotatable bonds is 6. The van der Waals surface area contributed by atoms with Gasteiger partial charge in [-0.25, -0.2) is 0 Å². The summed E-state index contributed by atoms with van der Waals surface area (Å²) < 4.78 is 11.2. The summed E-state index contributed by atoms with van der Waals surface area (Å²) in [4.78, 5) is 21.9. The van der Waals surface area contributed by atoms with Crippen molar-refractivity contribution in [3.8, 4) is 5.75 Å². The molecule has 3 fully saturated rings. The molecule has 0 aromatic heterocycles.